The average molecular weight is 389 g/mol. The highest BCUT2D eigenvalue weighted by molar-refractivity contribution is 8.37. The second kappa shape index (κ2) is 6.95. The SMILES string of the molecule is CC1=C(c2cncnc2)S/C(=C2\SC(C)=C(c3cncnc3)S2)S1. The van der Waals surface area contributed by atoms with Crippen LogP contribution in [0.3, 0.4) is 0 Å². The van der Waals surface area contributed by atoms with Crippen LogP contribution in [0.5, 0.6) is 0 Å². The molecule has 4 nitrogen and oxygen atoms in total. The summed E-state index contributed by atoms with van der Waals surface area (Å²) in [6, 6.07) is 0. The standard InChI is InChI=1S/C16H12N4S4/c1-9-13(11-3-17-7-18-4-11)23-15(21-9)16-22-10(2)14(24-16)12-5-19-8-20-6-12/h3-8H,1-2H3/b16-15+. The molecule has 0 bridgehead atoms. The van der Waals surface area contributed by atoms with Crippen LogP contribution in [0.15, 0.2) is 55.7 Å². The fourth-order valence-corrected chi connectivity index (χ4v) is 7.76. The second-order valence-electron chi connectivity index (χ2n) is 5.01. The summed E-state index contributed by atoms with van der Waals surface area (Å²) in [5.74, 6) is 0. The summed E-state index contributed by atoms with van der Waals surface area (Å²) >= 11 is 7.29. The predicted molar refractivity (Wildman–Crippen MR) is 107 cm³/mol. The minimum atomic E-state index is 1.08. The van der Waals surface area contributed by atoms with E-state index in [1.165, 1.54) is 28.1 Å². The van der Waals surface area contributed by atoms with Crippen molar-refractivity contribution >= 4 is 56.9 Å². The van der Waals surface area contributed by atoms with E-state index in [-0.39, 0.29) is 0 Å². The van der Waals surface area contributed by atoms with Gasteiger partial charge in [-0.25, -0.2) is 19.9 Å². The Bertz CT molecular complexity index is 802. The van der Waals surface area contributed by atoms with E-state index in [4.69, 9.17) is 0 Å². The summed E-state index contributed by atoms with van der Waals surface area (Å²) in [7, 11) is 0. The Labute approximate surface area is 157 Å². The molecule has 4 heterocycles. The zero-order valence-electron chi connectivity index (χ0n) is 12.9. The van der Waals surface area contributed by atoms with Crippen LogP contribution in [0, 0.1) is 0 Å². The summed E-state index contributed by atoms with van der Waals surface area (Å²) in [5, 5.41) is 0. The van der Waals surface area contributed by atoms with E-state index in [0.717, 1.165) is 11.1 Å². The Morgan fingerprint density at radius 3 is 1.33 bits per heavy atom. The fraction of sp³-hybridized carbons (Fsp3) is 0.125. The lowest BCUT2D eigenvalue weighted by Gasteiger charge is -2.03. The van der Waals surface area contributed by atoms with E-state index in [0.29, 0.717) is 0 Å². The van der Waals surface area contributed by atoms with Crippen molar-refractivity contribution < 1.29 is 0 Å². The first-order chi connectivity index (χ1) is 11.7. The van der Waals surface area contributed by atoms with Gasteiger partial charge in [0.1, 0.15) is 12.7 Å². The van der Waals surface area contributed by atoms with E-state index in [1.54, 1.807) is 12.7 Å². The second-order valence-corrected chi connectivity index (χ2v) is 10.0. The van der Waals surface area contributed by atoms with E-state index in [9.17, 15) is 0 Å². The molecule has 0 unspecified atom stereocenters. The molecule has 2 aromatic rings. The summed E-state index contributed by atoms with van der Waals surface area (Å²) in [4.78, 5) is 21.6. The Morgan fingerprint density at radius 1 is 0.583 bits per heavy atom. The van der Waals surface area contributed by atoms with Crippen LogP contribution < -0.4 is 0 Å². The molecule has 0 amide bonds. The van der Waals surface area contributed by atoms with E-state index < -0.39 is 0 Å². The van der Waals surface area contributed by atoms with Gasteiger partial charge in [0.15, 0.2) is 0 Å². The van der Waals surface area contributed by atoms with Crippen molar-refractivity contribution in [2.75, 3.05) is 0 Å². The number of thioether (sulfide) groups is 4. The molecule has 2 aromatic heterocycles. The van der Waals surface area contributed by atoms with Crippen molar-refractivity contribution in [2.45, 2.75) is 13.8 Å². The predicted octanol–water partition coefficient (Wildman–Crippen LogP) is 5.43. The van der Waals surface area contributed by atoms with Crippen molar-refractivity contribution in [2.24, 2.45) is 0 Å². The molecule has 0 N–H and O–H groups in total. The number of rotatable bonds is 2. The van der Waals surface area contributed by atoms with E-state index >= 15 is 0 Å². The van der Waals surface area contributed by atoms with Crippen LogP contribution in [0.4, 0.5) is 0 Å². The Kier molecular flexibility index (Phi) is 4.71. The number of hydrogen-bond donors (Lipinski definition) is 0. The Balaban J connectivity index is 1.59. The third kappa shape index (κ3) is 3.15. The zero-order valence-corrected chi connectivity index (χ0v) is 16.2. The van der Waals surface area contributed by atoms with Gasteiger partial charge < -0.3 is 0 Å². The van der Waals surface area contributed by atoms with Crippen LogP contribution in [-0.4, -0.2) is 19.9 Å². The van der Waals surface area contributed by atoms with Crippen molar-refractivity contribution in [3.8, 4) is 0 Å². The molecule has 120 valence electrons. The normalized spacial score (nSPS) is 21.1. The summed E-state index contributed by atoms with van der Waals surface area (Å²) in [5.41, 5.74) is 2.16. The van der Waals surface area contributed by atoms with Gasteiger partial charge in [-0.15, -0.1) is 0 Å². The Hall–Kier alpha value is -1.22. The minimum Gasteiger partial charge on any atom is -0.244 e. The first-order valence-electron chi connectivity index (χ1n) is 7.10. The van der Waals surface area contributed by atoms with Crippen LogP contribution in [0.25, 0.3) is 9.81 Å². The lowest BCUT2D eigenvalue weighted by molar-refractivity contribution is 1.16. The fourth-order valence-electron chi connectivity index (χ4n) is 2.27. The highest BCUT2D eigenvalue weighted by atomic mass is 32.2. The van der Waals surface area contributed by atoms with Crippen LogP contribution >= 0.6 is 47.0 Å². The van der Waals surface area contributed by atoms with Gasteiger partial charge in [0.05, 0.1) is 8.47 Å². The van der Waals surface area contributed by atoms with E-state index in [1.807, 2.05) is 71.8 Å². The van der Waals surface area contributed by atoms with Crippen LogP contribution in [0.2, 0.25) is 0 Å². The monoisotopic (exact) mass is 388 g/mol. The topological polar surface area (TPSA) is 51.6 Å². The largest absolute Gasteiger partial charge is 0.244 e. The van der Waals surface area contributed by atoms with Crippen molar-refractivity contribution in [1.82, 2.24) is 19.9 Å². The van der Waals surface area contributed by atoms with Gasteiger partial charge in [0.25, 0.3) is 0 Å². The van der Waals surface area contributed by atoms with Gasteiger partial charge in [-0.05, 0) is 13.8 Å². The maximum atomic E-state index is 4.13. The third-order valence-corrected chi connectivity index (χ3v) is 9.18. The first-order valence-corrected chi connectivity index (χ1v) is 10.4. The van der Waals surface area contributed by atoms with Gasteiger partial charge >= 0.3 is 0 Å². The van der Waals surface area contributed by atoms with Gasteiger partial charge in [0, 0.05) is 55.5 Å². The highest BCUT2D eigenvalue weighted by Crippen LogP contribution is 2.62. The van der Waals surface area contributed by atoms with Crippen molar-refractivity contribution in [1.29, 1.82) is 0 Å². The van der Waals surface area contributed by atoms with Crippen molar-refractivity contribution in [3.05, 3.63) is 66.9 Å². The summed E-state index contributed by atoms with van der Waals surface area (Å²) in [6.07, 6.45) is 10.6. The molecule has 2 aliphatic heterocycles. The van der Waals surface area contributed by atoms with E-state index in [2.05, 4.69) is 33.8 Å². The van der Waals surface area contributed by atoms with Gasteiger partial charge in [0.2, 0.25) is 0 Å². The number of allylic oxidation sites excluding steroid dienone is 2. The number of aromatic nitrogens is 4. The van der Waals surface area contributed by atoms with Gasteiger partial charge in [-0.1, -0.05) is 47.0 Å². The lowest BCUT2D eigenvalue weighted by Crippen LogP contribution is -1.83. The zero-order chi connectivity index (χ0) is 16.5. The lowest BCUT2D eigenvalue weighted by atomic mass is 10.3. The molecular weight excluding hydrogens is 376 g/mol. The quantitative estimate of drug-likeness (QED) is 0.675. The maximum Gasteiger partial charge on any atom is 0.115 e. The smallest absolute Gasteiger partial charge is 0.115 e. The van der Waals surface area contributed by atoms with Gasteiger partial charge in [-0.3, -0.25) is 0 Å². The number of hydrogen-bond acceptors (Lipinski definition) is 8. The molecule has 0 fully saturated rings. The molecule has 2 aliphatic rings. The molecule has 0 atom stereocenters. The molecule has 0 spiro atoms. The molecule has 4 rings (SSSR count). The van der Waals surface area contributed by atoms with Gasteiger partial charge in [-0.2, -0.15) is 0 Å². The molecular formula is C16H12N4S4. The molecule has 0 saturated heterocycles. The molecule has 0 saturated carbocycles. The van der Waals surface area contributed by atoms with Crippen LogP contribution in [-0.2, 0) is 0 Å². The highest BCUT2D eigenvalue weighted by Gasteiger charge is 2.28. The molecule has 24 heavy (non-hydrogen) atoms. The molecule has 8 heteroatoms. The molecule has 0 aliphatic carbocycles. The Morgan fingerprint density at radius 2 is 0.958 bits per heavy atom. The maximum absolute atomic E-state index is 4.13. The van der Waals surface area contributed by atoms with Crippen LogP contribution in [0.1, 0.15) is 25.0 Å². The minimum absolute atomic E-state index is 1.08. The van der Waals surface area contributed by atoms with Crippen molar-refractivity contribution in [3.63, 3.8) is 0 Å². The molecule has 0 aromatic carbocycles. The molecule has 0 radical (unpaired) electrons. The summed E-state index contributed by atoms with van der Waals surface area (Å²) < 4.78 is 2.65. The summed E-state index contributed by atoms with van der Waals surface area (Å²) in [6.45, 7) is 4.31. The third-order valence-electron chi connectivity index (χ3n) is 3.33. The first kappa shape index (κ1) is 16.3. The number of nitrogens with zero attached hydrogens (tertiary/aromatic N) is 4. The average Bonchev–Trinajstić information content (AvgIpc) is 3.19.